The summed E-state index contributed by atoms with van der Waals surface area (Å²) in [6, 6.07) is 9.01. The minimum Gasteiger partial charge on any atom is -0.506 e. The quantitative estimate of drug-likeness (QED) is 0.848. The number of esters is 1. The largest absolute Gasteiger partial charge is 0.506 e. The van der Waals surface area contributed by atoms with Crippen LogP contribution in [0.15, 0.2) is 36.4 Å². The van der Waals surface area contributed by atoms with E-state index in [1.54, 1.807) is 18.2 Å². The molecule has 2 aromatic carbocycles. The van der Waals surface area contributed by atoms with Crippen molar-refractivity contribution < 1.29 is 19.0 Å². The lowest BCUT2D eigenvalue weighted by molar-refractivity contribution is 0.0595. The maximum atomic E-state index is 13.5. The van der Waals surface area contributed by atoms with E-state index < -0.39 is 11.8 Å². The predicted molar refractivity (Wildman–Crippen MR) is 78.2 cm³/mol. The fraction of sp³-hybridized carbons (Fsp3) is 0.133. The van der Waals surface area contributed by atoms with E-state index >= 15 is 0 Å². The summed E-state index contributed by atoms with van der Waals surface area (Å²) in [5, 5.41) is 13.0. The average Bonchev–Trinajstić information content (AvgIpc) is 2.49. The van der Waals surface area contributed by atoms with Gasteiger partial charge in [0, 0.05) is 17.8 Å². The first-order chi connectivity index (χ1) is 10.0. The lowest BCUT2D eigenvalue weighted by atomic mass is 10.1. The number of phenolic OH excluding ortho intramolecular Hbond substituents is 1. The average molecular weight is 310 g/mol. The van der Waals surface area contributed by atoms with Crippen LogP contribution in [0.25, 0.3) is 0 Å². The molecule has 0 aliphatic rings. The highest BCUT2D eigenvalue weighted by molar-refractivity contribution is 6.32. The molecular weight excluding hydrogens is 297 g/mol. The van der Waals surface area contributed by atoms with E-state index in [9.17, 15) is 14.3 Å². The second-order valence-electron chi connectivity index (χ2n) is 4.29. The molecule has 6 heteroatoms. The molecule has 0 heterocycles. The summed E-state index contributed by atoms with van der Waals surface area (Å²) in [5.41, 5.74) is 0.959. The van der Waals surface area contributed by atoms with Crippen LogP contribution in [-0.2, 0) is 11.3 Å². The van der Waals surface area contributed by atoms with Crippen molar-refractivity contribution in [1.82, 2.24) is 0 Å². The fourth-order valence-corrected chi connectivity index (χ4v) is 2.00. The number of ether oxygens (including phenoxy) is 1. The molecule has 0 aliphatic carbocycles. The molecule has 0 fully saturated rings. The standard InChI is InChI=1S/C15H13ClFNO3/c1-21-15(20)11-7-10(5-6-13(11)17)18-8-9-3-2-4-12(16)14(9)19/h2-7,18-19H,8H2,1H3. The summed E-state index contributed by atoms with van der Waals surface area (Å²) in [6.45, 7) is 0.276. The van der Waals surface area contributed by atoms with Gasteiger partial charge in [-0.15, -0.1) is 0 Å². The molecule has 0 saturated carbocycles. The molecule has 21 heavy (non-hydrogen) atoms. The van der Waals surface area contributed by atoms with Gasteiger partial charge in [0.1, 0.15) is 11.6 Å². The maximum Gasteiger partial charge on any atom is 0.340 e. The van der Waals surface area contributed by atoms with Gasteiger partial charge in [0.25, 0.3) is 0 Å². The smallest absolute Gasteiger partial charge is 0.340 e. The molecule has 0 aliphatic heterocycles. The van der Waals surface area contributed by atoms with Crippen LogP contribution in [0.5, 0.6) is 5.75 Å². The fourth-order valence-electron chi connectivity index (χ4n) is 1.80. The number of para-hydroxylation sites is 1. The maximum absolute atomic E-state index is 13.5. The van der Waals surface area contributed by atoms with Crippen molar-refractivity contribution in [3.05, 3.63) is 58.4 Å². The van der Waals surface area contributed by atoms with Crippen LogP contribution in [0, 0.1) is 5.82 Å². The Balaban J connectivity index is 2.17. The second-order valence-corrected chi connectivity index (χ2v) is 4.69. The molecule has 110 valence electrons. The van der Waals surface area contributed by atoms with Gasteiger partial charge in [-0.1, -0.05) is 23.7 Å². The number of rotatable bonds is 4. The first-order valence-electron chi connectivity index (χ1n) is 6.11. The Kier molecular flexibility index (Phi) is 4.65. The molecule has 0 amide bonds. The molecule has 0 atom stereocenters. The Bertz CT molecular complexity index is 676. The highest BCUT2D eigenvalue weighted by atomic mass is 35.5. The van der Waals surface area contributed by atoms with E-state index in [1.807, 2.05) is 0 Å². The van der Waals surface area contributed by atoms with Gasteiger partial charge in [0.15, 0.2) is 0 Å². The molecule has 0 spiro atoms. The monoisotopic (exact) mass is 309 g/mol. The highest BCUT2D eigenvalue weighted by Crippen LogP contribution is 2.27. The zero-order valence-electron chi connectivity index (χ0n) is 11.2. The van der Waals surface area contributed by atoms with Crippen molar-refractivity contribution >= 4 is 23.3 Å². The highest BCUT2D eigenvalue weighted by Gasteiger charge is 2.13. The van der Waals surface area contributed by atoms with Crippen molar-refractivity contribution in [3.8, 4) is 5.75 Å². The van der Waals surface area contributed by atoms with Crippen molar-refractivity contribution in [2.45, 2.75) is 6.54 Å². The summed E-state index contributed by atoms with van der Waals surface area (Å²) < 4.78 is 18.0. The molecule has 0 aromatic heterocycles. The molecule has 0 radical (unpaired) electrons. The van der Waals surface area contributed by atoms with E-state index in [0.29, 0.717) is 11.3 Å². The topological polar surface area (TPSA) is 58.6 Å². The summed E-state index contributed by atoms with van der Waals surface area (Å²) in [4.78, 5) is 11.4. The van der Waals surface area contributed by atoms with Gasteiger partial charge in [-0.25, -0.2) is 9.18 Å². The van der Waals surface area contributed by atoms with E-state index in [-0.39, 0.29) is 22.9 Å². The number of nitrogens with one attached hydrogen (secondary N) is 1. The van der Waals surface area contributed by atoms with Crippen molar-refractivity contribution in [3.63, 3.8) is 0 Å². The van der Waals surface area contributed by atoms with Gasteiger partial charge in [-0.2, -0.15) is 0 Å². The SMILES string of the molecule is COC(=O)c1cc(NCc2cccc(Cl)c2O)ccc1F. The van der Waals surface area contributed by atoms with E-state index in [2.05, 4.69) is 10.1 Å². The van der Waals surface area contributed by atoms with Crippen molar-refractivity contribution in [2.75, 3.05) is 12.4 Å². The van der Waals surface area contributed by atoms with Crippen LogP contribution in [0.2, 0.25) is 5.02 Å². The first kappa shape index (κ1) is 15.1. The van der Waals surface area contributed by atoms with E-state index in [1.165, 1.54) is 25.3 Å². The zero-order chi connectivity index (χ0) is 15.4. The zero-order valence-corrected chi connectivity index (χ0v) is 11.9. The Hall–Kier alpha value is -2.27. The lowest BCUT2D eigenvalue weighted by Gasteiger charge is -2.10. The third-order valence-electron chi connectivity index (χ3n) is 2.92. The number of anilines is 1. The number of carbonyl (C=O) groups is 1. The van der Waals surface area contributed by atoms with Gasteiger partial charge in [-0.3, -0.25) is 0 Å². The van der Waals surface area contributed by atoms with Gasteiger partial charge >= 0.3 is 5.97 Å². The molecule has 0 saturated heterocycles. The second kappa shape index (κ2) is 6.45. The first-order valence-corrected chi connectivity index (χ1v) is 6.49. The van der Waals surface area contributed by atoms with E-state index in [4.69, 9.17) is 11.6 Å². The summed E-state index contributed by atoms with van der Waals surface area (Å²) in [6.07, 6.45) is 0. The Morgan fingerprint density at radius 3 is 2.86 bits per heavy atom. The molecule has 2 aromatic rings. The summed E-state index contributed by atoms with van der Waals surface area (Å²) in [7, 11) is 1.19. The van der Waals surface area contributed by atoms with Gasteiger partial charge in [-0.05, 0) is 24.3 Å². The number of methoxy groups -OCH3 is 1. The number of phenols is 1. The number of halogens is 2. The minimum atomic E-state index is -0.748. The van der Waals surface area contributed by atoms with Crippen molar-refractivity contribution in [2.24, 2.45) is 0 Å². The molecular formula is C15H13ClFNO3. The normalized spacial score (nSPS) is 10.2. The Labute approximate surface area is 126 Å². The number of hydrogen-bond donors (Lipinski definition) is 2. The third kappa shape index (κ3) is 3.44. The number of aromatic hydroxyl groups is 1. The third-order valence-corrected chi connectivity index (χ3v) is 3.23. The number of hydrogen-bond acceptors (Lipinski definition) is 4. The van der Waals surface area contributed by atoms with Crippen LogP contribution in [0.1, 0.15) is 15.9 Å². The van der Waals surface area contributed by atoms with Crippen LogP contribution in [-0.4, -0.2) is 18.2 Å². The molecule has 2 N–H and O–H groups in total. The molecule has 0 unspecified atom stereocenters. The number of benzene rings is 2. The predicted octanol–water partition coefficient (Wildman–Crippen LogP) is 3.58. The van der Waals surface area contributed by atoms with Gasteiger partial charge in [0.05, 0.1) is 17.7 Å². The molecule has 2 rings (SSSR count). The Morgan fingerprint density at radius 2 is 2.14 bits per heavy atom. The van der Waals surface area contributed by atoms with Crippen LogP contribution in [0.3, 0.4) is 0 Å². The van der Waals surface area contributed by atoms with Crippen LogP contribution in [0.4, 0.5) is 10.1 Å². The van der Waals surface area contributed by atoms with Gasteiger partial charge in [0.2, 0.25) is 0 Å². The van der Waals surface area contributed by atoms with E-state index in [0.717, 1.165) is 0 Å². The summed E-state index contributed by atoms with van der Waals surface area (Å²) >= 11 is 5.81. The summed E-state index contributed by atoms with van der Waals surface area (Å²) in [5.74, 6) is -1.42. The molecule has 4 nitrogen and oxygen atoms in total. The van der Waals surface area contributed by atoms with Crippen molar-refractivity contribution in [1.29, 1.82) is 0 Å². The number of carbonyl (C=O) groups excluding carboxylic acids is 1. The minimum absolute atomic E-state index is 0.0121. The Morgan fingerprint density at radius 1 is 1.38 bits per heavy atom. The molecule has 0 bridgehead atoms. The lowest BCUT2D eigenvalue weighted by Crippen LogP contribution is -2.06. The van der Waals surface area contributed by atoms with Crippen LogP contribution < -0.4 is 5.32 Å². The van der Waals surface area contributed by atoms with Crippen LogP contribution >= 0.6 is 11.6 Å². The van der Waals surface area contributed by atoms with Gasteiger partial charge < -0.3 is 15.2 Å².